The van der Waals surface area contributed by atoms with Gasteiger partial charge in [-0.15, -0.1) is 0 Å². The molecule has 33 heavy (non-hydrogen) atoms. The number of piperidine rings is 1. The number of anilines is 1. The van der Waals surface area contributed by atoms with Gasteiger partial charge >= 0.3 is 5.97 Å². The number of carbonyl (C=O) groups is 2. The van der Waals surface area contributed by atoms with E-state index in [-0.39, 0.29) is 19.0 Å². The second-order valence-corrected chi connectivity index (χ2v) is 9.38. The third-order valence-electron chi connectivity index (χ3n) is 7.34. The summed E-state index contributed by atoms with van der Waals surface area (Å²) >= 11 is 0. The van der Waals surface area contributed by atoms with Gasteiger partial charge in [-0.1, -0.05) is 24.3 Å². The van der Waals surface area contributed by atoms with Crippen LogP contribution in [0.5, 0.6) is 0 Å². The summed E-state index contributed by atoms with van der Waals surface area (Å²) in [6, 6.07) is 9.15. The average Bonchev–Trinajstić information content (AvgIpc) is 2.83. The summed E-state index contributed by atoms with van der Waals surface area (Å²) in [4.78, 5) is 38.9. The number of aliphatic hydroxyl groups excluding tert-OH is 1. The van der Waals surface area contributed by atoms with Gasteiger partial charge in [0.05, 0.1) is 12.2 Å². The first-order valence-electron chi connectivity index (χ1n) is 11.5. The lowest BCUT2D eigenvalue weighted by Crippen LogP contribution is -2.63. The first kappa shape index (κ1) is 21.8. The Kier molecular flexibility index (Phi) is 5.76. The van der Waals surface area contributed by atoms with E-state index in [1.165, 1.54) is 23.5 Å². The number of aromatic nitrogens is 2. The molecule has 0 bridgehead atoms. The molecule has 1 aromatic heterocycles. The number of carboxylic acid groups (broad SMARTS) is 1. The Morgan fingerprint density at radius 3 is 2.33 bits per heavy atom. The molecule has 3 aliphatic heterocycles. The third kappa shape index (κ3) is 4.06. The van der Waals surface area contributed by atoms with E-state index in [0.717, 1.165) is 32.4 Å². The molecule has 3 aliphatic rings. The van der Waals surface area contributed by atoms with Gasteiger partial charge in [0.15, 0.2) is 0 Å². The van der Waals surface area contributed by atoms with Crippen molar-refractivity contribution in [3.8, 4) is 0 Å². The van der Waals surface area contributed by atoms with E-state index in [1.54, 1.807) is 4.90 Å². The lowest BCUT2D eigenvalue weighted by Gasteiger charge is -2.45. The molecular weight excluding hydrogens is 422 g/mol. The Balaban J connectivity index is 1.14. The summed E-state index contributed by atoms with van der Waals surface area (Å²) in [5.74, 6) is -0.714. The Labute approximate surface area is 192 Å². The Bertz CT molecular complexity index is 1030. The van der Waals surface area contributed by atoms with Crippen molar-refractivity contribution in [2.75, 3.05) is 44.2 Å². The highest BCUT2D eigenvalue weighted by Gasteiger charge is 2.50. The lowest BCUT2D eigenvalue weighted by molar-refractivity contribution is -0.153. The number of nitrogens with zero attached hydrogens (tertiary/aromatic N) is 5. The fourth-order valence-electron chi connectivity index (χ4n) is 5.17. The molecule has 0 unspecified atom stereocenters. The molecule has 9 nitrogen and oxygen atoms in total. The van der Waals surface area contributed by atoms with Crippen LogP contribution in [-0.4, -0.2) is 87.2 Å². The van der Waals surface area contributed by atoms with E-state index in [2.05, 4.69) is 39.1 Å². The van der Waals surface area contributed by atoms with Crippen LogP contribution in [0.1, 0.15) is 34.3 Å². The monoisotopic (exact) mass is 451 g/mol. The zero-order chi connectivity index (χ0) is 23.0. The maximum atomic E-state index is 13.0. The topological polar surface area (TPSA) is 110 Å². The van der Waals surface area contributed by atoms with Crippen LogP contribution in [0.4, 0.5) is 5.95 Å². The Hall–Kier alpha value is -3.04. The first-order chi connectivity index (χ1) is 16.0. The highest BCUT2D eigenvalue weighted by atomic mass is 16.4. The van der Waals surface area contributed by atoms with E-state index in [0.29, 0.717) is 30.6 Å². The number of fused-ring (bicyclic) bond motifs is 1. The summed E-state index contributed by atoms with van der Waals surface area (Å²) in [6.45, 7) is 3.37. The second kappa shape index (κ2) is 8.72. The van der Waals surface area contributed by atoms with Crippen molar-refractivity contribution in [2.45, 2.75) is 31.8 Å². The predicted octanol–water partition coefficient (Wildman–Crippen LogP) is 1.02. The maximum Gasteiger partial charge on any atom is 0.315 e. The SMILES string of the molecule is O=C(c1cnc(N2CC(CO)(C(=O)O)C2)nc1)N1CCC(N2CCc3ccccc3C2)CC1. The van der Waals surface area contributed by atoms with Crippen molar-refractivity contribution in [1.82, 2.24) is 19.8 Å². The molecule has 0 aliphatic carbocycles. The van der Waals surface area contributed by atoms with Gasteiger partial charge in [0.25, 0.3) is 5.91 Å². The molecule has 0 radical (unpaired) electrons. The Morgan fingerprint density at radius 2 is 1.70 bits per heavy atom. The van der Waals surface area contributed by atoms with Crippen molar-refractivity contribution < 1.29 is 19.8 Å². The average molecular weight is 452 g/mol. The molecule has 5 rings (SSSR count). The van der Waals surface area contributed by atoms with E-state index in [4.69, 9.17) is 0 Å². The van der Waals surface area contributed by atoms with Crippen LogP contribution in [0, 0.1) is 5.41 Å². The molecule has 1 aromatic carbocycles. The van der Waals surface area contributed by atoms with Gasteiger partial charge in [0.1, 0.15) is 5.41 Å². The largest absolute Gasteiger partial charge is 0.481 e. The van der Waals surface area contributed by atoms with Crippen LogP contribution in [0.15, 0.2) is 36.7 Å². The summed E-state index contributed by atoms with van der Waals surface area (Å²) in [6.07, 6.45) is 6.02. The van der Waals surface area contributed by atoms with Crippen molar-refractivity contribution in [2.24, 2.45) is 5.41 Å². The molecule has 9 heteroatoms. The minimum absolute atomic E-state index is 0.0668. The molecule has 2 N–H and O–H groups in total. The Morgan fingerprint density at radius 1 is 1.03 bits per heavy atom. The summed E-state index contributed by atoms with van der Waals surface area (Å²) in [7, 11) is 0. The van der Waals surface area contributed by atoms with Crippen LogP contribution < -0.4 is 4.90 Å². The van der Waals surface area contributed by atoms with Crippen LogP contribution in [0.25, 0.3) is 0 Å². The van der Waals surface area contributed by atoms with Crippen molar-refractivity contribution >= 4 is 17.8 Å². The van der Waals surface area contributed by atoms with Gasteiger partial charge in [-0.3, -0.25) is 14.5 Å². The zero-order valence-electron chi connectivity index (χ0n) is 18.6. The van der Waals surface area contributed by atoms with Crippen LogP contribution >= 0.6 is 0 Å². The molecule has 0 spiro atoms. The number of benzene rings is 1. The number of aliphatic hydroxyl groups is 1. The van der Waals surface area contributed by atoms with Crippen molar-refractivity contribution in [1.29, 1.82) is 0 Å². The van der Waals surface area contributed by atoms with E-state index >= 15 is 0 Å². The van der Waals surface area contributed by atoms with Gasteiger partial charge in [-0.05, 0) is 30.4 Å². The number of hydrogen-bond donors (Lipinski definition) is 2. The highest BCUT2D eigenvalue weighted by molar-refractivity contribution is 5.93. The summed E-state index contributed by atoms with van der Waals surface area (Å²) in [5.41, 5.74) is 2.16. The standard InChI is InChI=1S/C24H29N5O4/c30-16-24(22(32)33)14-29(15-24)23-25-11-19(12-26-23)21(31)27-9-6-20(7-10-27)28-8-5-17-3-1-2-4-18(17)13-28/h1-4,11-12,20,30H,5-10,13-16H2,(H,32,33). The number of aliphatic carboxylic acids is 1. The van der Waals surface area contributed by atoms with Gasteiger partial charge in [0, 0.05) is 57.7 Å². The van der Waals surface area contributed by atoms with E-state index in [1.807, 2.05) is 4.90 Å². The molecule has 0 saturated carbocycles. The van der Waals surface area contributed by atoms with Crippen LogP contribution in [-0.2, 0) is 17.8 Å². The number of amides is 1. The van der Waals surface area contributed by atoms with Gasteiger partial charge in [-0.2, -0.15) is 0 Å². The summed E-state index contributed by atoms with van der Waals surface area (Å²) in [5, 5.41) is 18.7. The molecular formula is C24H29N5O4. The molecule has 2 fully saturated rings. The molecule has 4 heterocycles. The van der Waals surface area contributed by atoms with Gasteiger partial charge < -0.3 is 20.0 Å². The summed E-state index contributed by atoms with van der Waals surface area (Å²) < 4.78 is 0. The van der Waals surface area contributed by atoms with Crippen LogP contribution in [0.2, 0.25) is 0 Å². The number of rotatable bonds is 5. The molecule has 174 valence electrons. The smallest absolute Gasteiger partial charge is 0.315 e. The van der Waals surface area contributed by atoms with Crippen molar-refractivity contribution in [3.05, 3.63) is 53.3 Å². The quantitative estimate of drug-likeness (QED) is 0.694. The minimum atomic E-state index is -1.15. The maximum absolute atomic E-state index is 13.0. The second-order valence-electron chi connectivity index (χ2n) is 9.38. The fourth-order valence-corrected chi connectivity index (χ4v) is 5.17. The van der Waals surface area contributed by atoms with E-state index in [9.17, 15) is 19.8 Å². The van der Waals surface area contributed by atoms with Crippen LogP contribution in [0.3, 0.4) is 0 Å². The number of hydrogen-bond acceptors (Lipinski definition) is 7. The molecule has 1 amide bonds. The number of likely N-dealkylation sites (tertiary alicyclic amines) is 1. The normalized spacial score (nSPS) is 20.8. The molecule has 0 atom stereocenters. The van der Waals surface area contributed by atoms with Crippen molar-refractivity contribution in [3.63, 3.8) is 0 Å². The number of carboxylic acids is 1. The number of carbonyl (C=O) groups excluding carboxylic acids is 1. The van der Waals surface area contributed by atoms with Gasteiger partial charge in [-0.25, -0.2) is 9.97 Å². The minimum Gasteiger partial charge on any atom is -0.481 e. The predicted molar refractivity (Wildman–Crippen MR) is 121 cm³/mol. The first-order valence-corrected chi connectivity index (χ1v) is 11.5. The highest BCUT2D eigenvalue weighted by Crippen LogP contribution is 2.32. The van der Waals surface area contributed by atoms with E-state index < -0.39 is 18.0 Å². The third-order valence-corrected chi connectivity index (χ3v) is 7.34. The lowest BCUT2D eigenvalue weighted by atomic mass is 9.81. The molecule has 2 aromatic rings. The van der Waals surface area contributed by atoms with Gasteiger partial charge in [0.2, 0.25) is 5.95 Å². The zero-order valence-corrected chi connectivity index (χ0v) is 18.6. The molecule has 2 saturated heterocycles. The fraction of sp³-hybridized carbons (Fsp3) is 0.500.